The fraction of sp³-hybridized carbons (Fsp3) is 0.300. The Kier molecular flexibility index (Phi) is 6.35. The fourth-order valence-electron chi connectivity index (χ4n) is 2.95. The molecule has 0 fully saturated rings. The highest BCUT2D eigenvalue weighted by Gasteiger charge is 2.16. The normalized spacial score (nSPS) is 10.6. The molecule has 1 aromatic carbocycles. The number of carbonyl (C=O) groups excluding carboxylic acids is 3. The number of carbonyl (C=O) groups is 3. The second-order valence-electron chi connectivity index (χ2n) is 6.56. The van der Waals surface area contributed by atoms with E-state index in [0.29, 0.717) is 34.8 Å². The first-order valence-electron chi connectivity index (χ1n) is 9.38. The number of nitrogens with one attached hydrogen (secondary N) is 2. The van der Waals surface area contributed by atoms with Crippen molar-refractivity contribution in [1.82, 2.24) is 24.9 Å². The number of aromatic nitrogens is 4. The van der Waals surface area contributed by atoms with Crippen LogP contribution in [0.5, 0.6) is 0 Å². The molecule has 2 heterocycles. The first-order valence-corrected chi connectivity index (χ1v) is 9.38. The van der Waals surface area contributed by atoms with Gasteiger partial charge in [-0.15, -0.1) is 0 Å². The van der Waals surface area contributed by atoms with Gasteiger partial charge in [0.2, 0.25) is 0 Å². The summed E-state index contributed by atoms with van der Waals surface area (Å²) in [5.74, 6) is -0.844. The number of anilines is 1. The number of aryl methyl sites for hydroxylation is 2. The number of hydrogen-bond donors (Lipinski definition) is 2. The molecule has 0 aliphatic carbocycles. The van der Waals surface area contributed by atoms with Gasteiger partial charge in [-0.1, -0.05) is 6.07 Å². The third kappa shape index (κ3) is 4.77. The van der Waals surface area contributed by atoms with E-state index in [0.717, 1.165) is 5.69 Å². The average molecular weight is 410 g/mol. The van der Waals surface area contributed by atoms with Crippen LogP contribution < -0.4 is 10.6 Å². The largest absolute Gasteiger partial charge is 0.455 e. The SMILES string of the molecule is CCNC(=O)c1cccc(NC(=O)COC(=O)Cc2c(C)nc3ncnn3c2C)c1. The highest BCUT2D eigenvalue weighted by molar-refractivity contribution is 5.97. The zero-order valence-electron chi connectivity index (χ0n) is 16.9. The Morgan fingerprint density at radius 1 is 1.20 bits per heavy atom. The van der Waals surface area contributed by atoms with Gasteiger partial charge in [0.05, 0.1) is 6.42 Å². The molecule has 0 saturated heterocycles. The van der Waals surface area contributed by atoms with E-state index in [1.54, 1.807) is 35.7 Å². The summed E-state index contributed by atoms with van der Waals surface area (Å²) in [6.07, 6.45) is 1.35. The maximum atomic E-state index is 12.2. The molecule has 0 saturated carbocycles. The first kappa shape index (κ1) is 20.9. The summed E-state index contributed by atoms with van der Waals surface area (Å²) in [6, 6.07) is 6.50. The van der Waals surface area contributed by atoms with Crippen LogP contribution in [0, 0.1) is 13.8 Å². The Hall–Kier alpha value is -3.82. The molecule has 2 aromatic heterocycles. The summed E-state index contributed by atoms with van der Waals surface area (Å²) >= 11 is 0. The second-order valence-corrected chi connectivity index (χ2v) is 6.56. The van der Waals surface area contributed by atoms with Crippen molar-refractivity contribution in [1.29, 1.82) is 0 Å². The van der Waals surface area contributed by atoms with Crippen molar-refractivity contribution < 1.29 is 19.1 Å². The van der Waals surface area contributed by atoms with Crippen molar-refractivity contribution in [2.75, 3.05) is 18.5 Å². The van der Waals surface area contributed by atoms with Crippen molar-refractivity contribution in [2.45, 2.75) is 27.2 Å². The van der Waals surface area contributed by atoms with E-state index in [9.17, 15) is 14.4 Å². The Bertz CT molecular complexity index is 1110. The van der Waals surface area contributed by atoms with E-state index < -0.39 is 18.5 Å². The number of nitrogens with zero attached hydrogens (tertiary/aromatic N) is 4. The number of benzene rings is 1. The highest BCUT2D eigenvalue weighted by atomic mass is 16.5. The van der Waals surface area contributed by atoms with Gasteiger partial charge in [-0.05, 0) is 39.0 Å². The maximum absolute atomic E-state index is 12.2. The predicted molar refractivity (Wildman–Crippen MR) is 108 cm³/mol. The van der Waals surface area contributed by atoms with Gasteiger partial charge in [0, 0.05) is 34.7 Å². The van der Waals surface area contributed by atoms with Crippen LogP contribution in [0.3, 0.4) is 0 Å². The molecule has 0 aliphatic heterocycles. The van der Waals surface area contributed by atoms with Gasteiger partial charge in [-0.25, -0.2) is 9.50 Å². The number of rotatable bonds is 7. The van der Waals surface area contributed by atoms with Crippen molar-refractivity contribution in [3.05, 3.63) is 53.1 Å². The molecule has 0 bridgehead atoms. The molecule has 3 rings (SSSR count). The molecule has 30 heavy (non-hydrogen) atoms. The molecule has 2 amide bonds. The molecule has 10 nitrogen and oxygen atoms in total. The van der Waals surface area contributed by atoms with E-state index >= 15 is 0 Å². The molecular formula is C20H22N6O4. The van der Waals surface area contributed by atoms with Gasteiger partial charge in [-0.2, -0.15) is 10.1 Å². The molecule has 2 N–H and O–H groups in total. The van der Waals surface area contributed by atoms with Crippen molar-refractivity contribution >= 4 is 29.2 Å². The summed E-state index contributed by atoms with van der Waals surface area (Å²) < 4.78 is 6.64. The lowest BCUT2D eigenvalue weighted by atomic mass is 10.1. The quantitative estimate of drug-likeness (QED) is 0.561. The van der Waals surface area contributed by atoms with E-state index in [1.807, 2.05) is 13.8 Å². The number of esters is 1. The van der Waals surface area contributed by atoms with Crippen LogP contribution in [0.4, 0.5) is 5.69 Å². The number of ether oxygens (including phenoxy) is 1. The van der Waals surface area contributed by atoms with E-state index in [2.05, 4.69) is 25.7 Å². The summed E-state index contributed by atoms with van der Waals surface area (Å²) in [5, 5.41) is 9.38. The smallest absolute Gasteiger partial charge is 0.310 e. The van der Waals surface area contributed by atoms with Gasteiger partial charge in [0.15, 0.2) is 6.61 Å². The lowest BCUT2D eigenvalue weighted by molar-refractivity contribution is -0.146. The minimum Gasteiger partial charge on any atom is -0.455 e. The van der Waals surface area contributed by atoms with Gasteiger partial charge in [-0.3, -0.25) is 14.4 Å². The van der Waals surface area contributed by atoms with Crippen molar-refractivity contribution in [2.24, 2.45) is 0 Å². The predicted octanol–water partition coefficient (Wildman–Crippen LogP) is 1.22. The zero-order valence-corrected chi connectivity index (χ0v) is 16.9. The molecule has 0 unspecified atom stereocenters. The zero-order chi connectivity index (χ0) is 21.7. The second kappa shape index (κ2) is 9.12. The number of fused-ring (bicyclic) bond motifs is 1. The minimum absolute atomic E-state index is 0.0412. The Morgan fingerprint density at radius 3 is 2.77 bits per heavy atom. The molecule has 0 aliphatic rings. The number of hydrogen-bond acceptors (Lipinski definition) is 7. The van der Waals surface area contributed by atoms with Crippen LogP contribution in [0.2, 0.25) is 0 Å². The van der Waals surface area contributed by atoms with Crippen LogP contribution in [0.1, 0.15) is 34.2 Å². The summed E-state index contributed by atoms with van der Waals surface area (Å²) in [4.78, 5) is 44.6. The van der Waals surface area contributed by atoms with Gasteiger partial charge in [0.1, 0.15) is 6.33 Å². The Balaban J connectivity index is 1.57. The van der Waals surface area contributed by atoms with Crippen LogP contribution >= 0.6 is 0 Å². The fourth-order valence-corrected chi connectivity index (χ4v) is 2.95. The summed E-state index contributed by atoms with van der Waals surface area (Å²) in [6.45, 7) is 5.47. The lowest BCUT2D eigenvalue weighted by Gasteiger charge is -2.11. The van der Waals surface area contributed by atoms with Crippen LogP contribution in [-0.4, -0.2) is 50.5 Å². The number of amides is 2. The van der Waals surface area contributed by atoms with Crippen LogP contribution in [-0.2, 0) is 20.7 Å². The van der Waals surface area contributed by atoms with E-state index in [-0.39, 0.29) is 12.3 Å². The van der Waals surface area contributed by atoms with E-state index in [1.165, 1.54) is 6.33 Å². The van der Waals surface area contributed by atoms with Gasteiger partial charge in [0.25, 0.3) is 17.6 Å². The lowest BCUT2D eigenvalue weighted by Crippen LogP contribution is -2.24. The molecule has 0 atom stereocenters. The standard InChI is InChI=1S/C20H22N6O4/c1-4-21-19(29)14-6-5-7-15(8-14)25-17(27)10-30-18(28)9-16-12(2)24-20-22-11-23-26(20)13(16)3/h5-8,11H,4,9-10H2,1-3H3,(H,21,29)(H,25,27). The average Bonchev–Trinajstić information content (AvgIpc) is 3.18. The van der Waals surface area contributed by atoms with Crippen LogP contribution in [0.15, 0.2) is 30.6 Å². The topological polar surface area (TPSA) is 128 Å². The first-order chi connectivity index (χ1) is 14.4. The summed E-state index contributed by atoms with van der Waals surface area (Å²) in [5.41, 5.74) is 2.92. The Morgan fingerprint density at radius 2 is 2.00 bits per heavy atom. The summed E-state index contributed by atoms with van der Waals surface area (Å²) in [7, 11) is 0. The third-order valence-corrected chi connectivity index (χ3v) is 4.42. The maximum Gasteiger partial charge on any atom is 0.310 e. The Labute approximate surface area is 172 Å². The van der Waals surface area contributed by atoms with Gasteiger partial charge >= 0.3 is 5.97 Å². The minimum atomic E-state index is -0.561. The van der Waals surface area contributed by atoms with Crippen LogP contribution in [0.25, 0.3) is 5.78 Å². The third-order valence-electron chi connectivity index (χ3n) is 4.42. The monoisotopic (exact) mass is 410 g/mol. The highest BCUT2D eigenvalue weighted by Crippen LogP contribution is 2.14. The molecule has 0 spiro atoms. The molecular weight excluding hydrogens is 388 g/mol. The molecule has 156 valence electrons. The van der Waals surface area contributed by atoms with Gasteiger partial charge < -0.3 is 15.4 Å². The molecule has 3 aromatic rings. The van der Waals surface area contributed by atoms with Crippen molar-refractivity contribution in [3.63, 3.8) is 0 Å². The molecule has 10 heteroatoms. The molecule has 0 radical (unpaired) electrons. The van der Waals surface area contributed by atoms with Crippen molar-refractivity contribution in [3.8, 4) is 0 Å². The van der Waals surface area contributed by atoms with E-state index in [4.69, 9.17) is 4.74 Å².